The van der Waals surface area contributed by atoms with Crippen molar-refractivity contribution in [1.29, 1.82) is 0 Å². The van der Waals surface area contributed by atoms with Crippen molar-refractivity contribution in [2.24, 2.45) is 0 Å². The molecule has 2 aromatic carbocycles. The summed E-state index contributed by atoms with van der Waals surface area (Å²) in [5.74, 6) is 0.683. The second-order valence-corrected chi connectivity index (χ2v) is 5.98. The fraction of sp³-hybridized carbons (Fsp3) is 0.190. The Bertz CT molecular complexity index is 1000. The molecule has 0 fully saturated rings. The fourth-order valence-electron chi connectivity index (χ4n) is 3.37. The van der Waals surface area contributed by atoms with E-state index in [0.29, 0.717) is 12.5 Å². The van der Waals surface area contributed by atoms with Gasteiger partial charge in [-0.2, -0.15) is 0 Å². The van der Waals surface area contributed by atoms with Crippen molar-refractivity contribution in [3.63, 3.8) is 0 Å². The summed E-state index contributed by atoms with van der Waals surface area (Å²) >= 11 is 0. The molecular weight excluding hydrogens is 296 g/mol. The molecule has 0 aliphatic rings. The van der Waals surface area contributed by atoms with Gasteiger partial charge < -0.3 is 9.30 Å². The van der Waals surface area contributed by atoms with Crippen molar-refractivity contribution >= 4 is 21.8 Å². The summed E-state index contributed by atoms with van der Waals surface area (Å²) in [5.41, 5.74) is 4.60. The maximum absolute atomic E-state index is 5.95. The van der Waals surface area contributed by atoms with Crippen LogP contribution in [-0.2, 0) is 13.2 Å². The van der Waals surface area contributed by atoms with E-state index in [1.807, 2.05) is 18.2 Å². The molecule has 0 saturated carbocycles. The van der Waals surface area contributed by atoms with Crippen molar-refractivity contribution in [1.82, 2.24) is 9.55 Å². The lowest BCUT2D eigenvalue weighted by atomic mass is 10.1. The lowest BCUT2D eigenvalue weighted by molar-refractivity contribution is 0.294. The molecule has 0 radical (unpaired) electrons. The molecule has 0 aliphatic carbocycles. The predicted molar refractivity (Wildman–Crippen MR) is 98.4 cm³/mol. The second kappa shape index (κ2) is 6.00. The van der Waals surface area contributed by atoms with E-state index >= 15 is 0 Å². The predicted octanol–water partition coefficient (Wildman–Crippen LogP) is 5.10. The minimum atomic E-state index is 0.533. The molecule has 0 spiro atoms. The maximum atomic E-state index is 5.95. The van der Waals surface area contributed by atoms with Crippen molar-refractivity contribution in [2.75, 3.05) is 0 Å². The van der Waals surface area contributed by atoms with Crippen LogP contribution >= 0.6 is 0 Å². The third-order valence-corrected chi connectivity index (χ3v) is 4.44. The second-order valence-electron chi connectivity index (χ2n) is 5.98. The SMILES string of the molecule is CCn1c2ccccc2c2cc(OCc3ccccc3)nc(C)c21. The summed E-state index contributed by atoms with van der Waals surface area (Å²) in [7, 11) is 0. The largest absolute Gasteiger partial charge is 0.473 e. The molecule has 4 aromatic rings. The van der Waals surface area contributed by atoms with E-state index < -0.39 is 0 Å². The molecule has 2 heterocycles. The molecule has 120 valence electrons. The third kappa shape index (κ3) is 2.42. The minimum Gasteiger partial charge on any atom is -0.473 e. The Morgan fingerprint density at radius 2 is 1.71 bits per heavy atom. The number of nitrogens with zero attached hydrogens (tertiary/aromatic N) is 2. The first-order valence-corrected chi connectivity index (χ1v) is 8.33. The van der Waals surface area contributed by atoms with Crippen LogP contribution in [-0.4, -0.2) is 9.55 Å². The number of pyridine rings is 1. The van der Waals surface area contributed by atoms with Crippen LogP contribution in [0.15, 0.2) is 60.7 Å². The number of hydrogen-bond donors (Lipinski definition) is 0. The Morgan fingerprint density at radius 3 is 2.50 bits per heavy atom. The Hall–Kier alpha value is -2.81. The first-order valence-electron chi connectivity index (χ1n) is 8.33. The lowest BCUT2D eigenvalue weighted by Gasteiger charge is -2.09. The number of aryl methyl sites for hydroxylation is 2. The van der Waals surface area contributed by atoms with Gasteiger partial charge in [0, 0.05) is 28.9 Å². The van der Waals surface area contributed by atoms with Crippen molar-refractivity contribution in [3.8, 4) is 5.88 Å². The van der Waals surface area contributed by atoms with Crippen LogP contribution in [0.3, 0.4) is 0 Å². The van der Waals surface area contributed by atoms with E-state index in [-0.39, 0.29) is 0 Å². The highest BCUT2D eigenvalue weighted by Gasteiger charge is 2.14. The number of fused-ring (bicyclic) bond motifs is 3. The number of benzene rings is 2. The van der Waals surface area contributed by atoms with Crippen molar-refractivity contribution < 1.29 is 4.74 Å². The molecule has 0 atom stereocenters. The van der Waals surface area contributed by atoms with Crippen LogP contribution in [0.1, 0.15) is 18.2 Å². The van der Waals surface area contributed by atoms with Gasteiger partial charge >= 0.3 is 0 Å². The minimum absolute atomic E-state index is 0.533. The fourth-order valence-corrected chi connectivity index (χ4v) is 3.37. The molecule has 0 N–H and O–H groups in total. The summed E-state index contributed by atoms with van der Waals surface area (Å²) in [6, 6.07) is 20.8. The molecule has 0 saturated heterocycles. The Morgan fingerprint density at radius 1 is 0.958 bits per heavy atom. The summed E-state index contributed by atoms with van der Waals surface area (Å²) < 4.78 is 8.28. The Kier molecular flexibility index (Phi) is 3.69. The zero-order valence-corrected chi connectivity index (χ0v) is 14.0. The highest BCUT2D eigenvalue weighted by molar-refractivity contribution is 6.09. The van der Waals surface area contributed by atoms with Gasteiger partial charge in [-0.1, -0.05) is 48.5 Å². The van der Waals surface area contributed by atoms with E-state index in [9.17, 15) is 0 Å². The van der Waals surface area contributed by atoms with E-state index in [0.717, 1.165) is 17.8 Å². The van der Waals surface area contributed by atoms with E-state index in [1.165, 1.54) is 21.8 Å². The van der Waals surface area contributed by atoms with Crippen molar-refractivity contribution in [2.45, 2.75) is 27.0 Å². The van der Waals surface area contributed by atoms with E-state index in [4.69, 9.17) is 4.74 Å². The van der Waals surface area contributed by atoms with Gasteiger partial charge in [0.1, 0.15) is 6.61 Å². The topological polar surface area (TPSA) is 27.1 Å². The highest BCUT2D eigenvalue weighted by Crippen LogP contribution is 2.32. The van der Waals surface area contributed by atoms with Gasteiger partial charge in [-0.3, -0.25) is 0 Å². The maximum Gasteiger partial charge on any atom is 0.214 e. The average molecular weight is 316 g/mol. The van der Waals surface area contributed by atoms with E-state index in [2.05, 4.69) is 65.9 Å². The molecule has 24 heavy (non-hydrogen) atoms. The zero-order valence-electron chi connectivity index (χ0n) is 14.0. The molecule has 0 unspecified atom stereocenters. The van der Waals surface area contributed by atoms with Gasteiger partial charge in [0.15, 0.2) is 0 Å². The summed E-state index contributed by atoms with van der Waals surface area (Å²) in [5, 5.41) is 2.47. The van der Waals surface area contributed by atoms with Crippen LogP contribution in [0, 0.1) is 6.92 Å². The summed E-state index contributed by atoms with van der Waals surface area (Å²) in [4.78, 5) is 4.68. The molecular formula is C21H20N2O. The number of para-hydroxylation sites is 1. The number of ether oxygens (including phenoxy) is 1. The molecule has 2 aromatic heterocycles. The summed E-state index contributed by atoms with van der Waals surface area (Å²) in [6.45, 7) is 5.69. The van der Waals surface area contributed by atoms with Gasteiger partial charge in [0.05, 0.1) is 11.2 Å². The van der Waals surface area contributed by atoms with Crippen LogP contribution in [0.5, 0.6) is 5.88 Å². The van der Waals surface area contributed by atoms with Gasteiger partial charge in [-0.25, -0.2) is 4.98 Å². The number of aromatic nitrogens is 2. The molecule has 3 heteroatoms. The third-order valence-electron chi connectivity index (χ3n) is 4.44. The summed E-state index contributed by atoms with van der Waals surface area (Å²) in [6.07, 6.45) is 0. The Labute approximate surface area is 141 Å². The quantitative estimate of drug-likeness (QED) is 0.524. The zero-order chi connectivity index (χ0) is 16.5. The molecule has 4 rings (SSSR count). The van der Waals surface area contributed by atoms with E-state index in [1.54, 1.807) is 0 Å². The lowest BCUT2D eigenvalue weighted by Crippen LogP contribution is -2.00. The normalized spacial score (nSPS) is 11.2. The number of hydrogen-bond acceptors (Lipinski definition) is 2. The molecule has 0 bridgehead atoms. The van der Waals surface area contributed by atoms with Gasteiger partial charge in [0.25, 0.3) is 0 Å². The van der Waals surface area contributed by atoms with Crippen LogP contribution in [0.25, 0.3) is 21.8 Å². The van der Waals surface area contributed by atoms with Crippen LogP contribution < -0.4 is 4.74 Å². The van der Waals surface area contributed by atoms with Gasteiger partial charge in [-0.15, -0.1) is 0 Å². The molecule has 0 aliphatic heterocycles. The standard InChI is InChI=1S/C21H20N2O/c1-3-23-19-12-8-7-11-17(19)18-13-20(22-15(2)21(18)23)24-14-16-9-5-4-6-10-16/h4-13H,3,14H2,1-2H3. The smallest absolute Gasteiger partial charge is 0.214 e. The van der Waals surface area contributed by atoms with Crippen LogP contribution in [0.2, 0.25) is 0 Å². The first kappa shape index (κ1) is 14.8. The highest BCUT2D eigenvalue weighted by atomic mass is 16.5. The molecule has 3 nitrogen and oxygen atoms in total. The Balaban J connectivity index is 1.80. The monoisotopic (exact) mass is 316 g/mol. The average Bonchev–Trinajstić information content (AvgIpc) is 2.95. The number of rotatable bonds is 4. The van der Waals surface area contributed by atoms with Gasteiger partial charge in [-0.05, 0) is 25.5 Å². The first-order chi connectivity index (χ1) is 11.8. The van der Waals surface area contributed by atoms with Crippen LogP contribution in [0.4, 0.5) is 0 Å². The van der Waals surface area contributed by atoms with Gasteiger partial charge in [0.2, 0.25) is 5.88 Å². The van der Waals surface area contributed by atoms with Crippen molar-refractivity contribution in [3.05, 3.63) is 71.9 Å². The molecule has 0 amide bonds.